The zero-order valence-electron chi connectivity index (χ0n) is 16.5. The van der Waals surface area contributed by atoms with Crippen LogP contribution in [0.2, 0.25) is 0 Å². The van der Waals surface area contributed by atoms with E-state index in [1.54, 1.807) is 0 Å². The third-order valence-corrected chi connectivity index (χ3v) is 6.24. The lowest BCUT2D eigenvalue weighted by atomic mass is 10.0. The van der Waals surface area contributed by atoms with Gasteiger partial charge in [0, 0.05) is 18.2 Å². The van der Waals surface area contributed by atoms with Crippen molar-refractivity contribution in [3.8, 4) is 11.1 Å². The van der Waals surface area contributed by atoms with Crippen LogP contribution in [0.3, 0.4) is 0 Å². The van der Waals surface area contributed by atoms with E-state index in [1.807, 2.05) is 11.8 Å². The summed E-state index contributed by atoms with van der Waals surface area (Å²) >= 11 is 1.91. The number of thioether (sulfide) groups is 1. The molecule has 1 heterocycles. The summed E-state index contributed by atoms with van der Waals surface area (Å²) in [6, 6.07) is 19.6. The van der Waals surface area contributed by atoms with Gasteiger partial charge in [0.05, 0.1) is 13.2 Å². The highest BCUT2D eigenvalue weighted by atomic mass is 32.2. The number of piperidine rings is 1. The quantitative estimate of drug-likeness (QED) is 0.515. The summed E-state index contributed by atoms with van der Waals surface area (Å²) in [4.78, 5) is 2.53. The first-order valence-corrected chi connectivity index (χ1v) is 11.4. The van der Waals surface area contributed by atoms with E-state index < -0.39 is 0 Å². The molecule has 1 aliphatic rings. The SMILES string of the molecule is CSC([CH]COCCN1CCCCC1)Cc1ccc(-c2ccccc2)cc1. The second-order valence-electron chi connectivity index (χ2n) is 7.25. The lowest BCUT2D eigenvalue weighted by Crippen LogP contribution is -2.32. The molecule has 2 aromatic carbocycles. The molecule has 2 aromatic rings. The van der Waals surface area contributed by atoms with Crippen molar-refractivity contribution in [3.05, 3.63) is 66.6 Å². The number of benzene rings is 2. The van der Waals surface area contributed by atoms with E-state index in [-0.39, 0.29) is 0 Å². The fourth-order valence-corrected chi connectivity index (χ4v) is 4.22. The summed E-state index contributed by atoms with van der Waals surface area (Å²) in [5, 5.41) is 0.502. The molecule has 1 atom stereocenters. The maximum absolute atomic E-state index is 5.87. The highest BCUT2D eigenvalue weighted by Gasteiger charge is 2.11. The molecule has 0 amide bonds. The molecule has 0 aromatic heterocycles. The third-order valence-electron chi connectivity index (χ3n) is 5.28. The molecule has 0 spiro atoms. The van der Waals surface area contributed by atoms with Gasteiger partial charge >= 0.3 is 0 Å². The Morgan fingerprint density at radius 2 is 1.67 bits per heavy atom. The molecule has 1 fully saturated rings. The van der Waals surface area contributed by atoms with Gasteiger partial charge in [-0.25, -0.2) is 0 Å². The minimum atomic E-state index is 0.502. The molecule has 1 aliphatic heterocycles. The highest BCUT2D eigenvalue weighted by Crippen LogP contribution is 2.22. The molecule has 1 saturated heterocycles. The van der Waals surface area contributed by atoms with E-state index in [0.717, 1.165) is 26.2 Å². The van der Waals surface area contributed by atoms with Gasteiger partial charge in [0.2, 0.25) is 0 Å². The maximum atomic E-state index is 5.87. The highest BCUT2D eigenvalue weighted by molar-refractivity contribution is 7.99. The molecule has 1 radical (unpaired) electrons. The molecule has 1 unspecified atom stereocenters. The van der Waals surface area contributed by atoms with Gasteiger partial charge in [0.25, 0.3) is 0 Å². The van der Waals surface area contributed by atoms with E-state index in [9.17, 15) is 0 Å². The van der Waals surface area contributed by atoms with Crippen LogP contribution >= 0.6 is 11.8 Å². The Hall–Kier alpha value is -1.29. The van der Waals surface area contributed by atoms with Crippen LogP contribution in [-0.2, 0) is 11.2 Å². The topological polar surface area (TPSA) is 12.5 Å². The lowest BCUT2D eigenvalue weighted by molar-refractivity contribution is 0.108. The van der Waals surface area contributed by atoms with Gasteiger partial charge in [0.15, 0.2) is 0 Å². The Balaban J connectivity index is 1.38. The average Bonchev–Trinajstić information content (AvgIpc) is 2.74. The predicted molar refractivity (Wildman–Crippen MR) is 118 cm³/mol. The molecule has 0 bridgehead atoms. The standard InChI is InChI=1S/C24H32NOS/c1-27-24(14-18-26-19-17-25-15-6-3-7-16-25)20-21-10-12-23(13-11-21)22-8-4-2-5-9-22/h2,4-5,8-14,24H,3,6-7,15-20H2,1H3. The number of hydrogen-bond acceptors (Lipinski definition) is 3. The van der Waals surface area contributed by atoms with Crippen molar-refractivity contribution in [3.63, 3.8) is 0 Å². The van der Waals surface area contributed by atoms with Crippen LogP contribution in [0, 0.1) is 6.42 Å². The van der Waals surface area contributed by atoms with Crippen LogP contribution in [0.5, 0.6) is 0 Å². The molecule has 145 valence electrons. The smallest absolute Gasteiger partial charge is 0.0593 e. The Bertz CT molecular complexity index is 637. The van der Waals surface area contributed by atoms with Gasteiger partial charge in [-0.2, -0.15) is 11.8 Å². The van der Waals surface area contributed by atoms with Crippen molar-refractivity contribution in [1.29, 1.82) is 0 Å². The summed E-state index contributed by atoms with van der Waals surface area (Å²) in [7, 11) is 0. The second-order valence-corrected chi connectivity index (χ2v) is 8.33. The first kappa shape index (κ1) is 20.4. The van der Waals surface area contributed by atoms with E-state index in [4.69, 9.17) is 4.74 Å². The lowest BCUT2D eigenvalue weighted by Gasteiger charge is -2.26. The number of rotatable bonds is 10. The van der Waals surface area contributed by atoms with Gasteiger partial charge in [-0.05, 0) is 55.3 Å². The number of ether oxygens (including phenoxy) is 1. The molecular weight excluding hydrogens is 350 g/mol. The zero-order valence-corrected chi connectivity index (χ0v) is 17.3. The fraction of sp³-hybridized carbons (Fsp3) is 0.458. The average molecular weight is 383 g/mol. The predicted octanol–water partition coefficient (Wildman–Crippen LogP) is 5.33. The number of likely N-dealkylation sites (tertiary alicyclic amines) is 1. The largest absolute Gasteiger partial charge is 0.380 e. The van der Waals surface area contributed by atoms with Crippen molar-refractivity contribution in [2.75, 3.05) is 39.1 Å². The van der Waals surface area contributed by atoms with Crippen LogP contribution in [0.1, 0.15) is 24.8 Å². The Morgan fingerprint density at radius 3 is 2.37 bits per heavy atom. The molecule has 3 rings (SSSR count). The Labute approximate surface area is 169 Å². The van der Waals surface area contributed by atoms with Crippen LogP contribution in [0.25, 0.3) is 11.1 Å². The monoisotopic (exact) mass is 382 g/mol. The molecule has 0 saturated carbocycles. The minimum Gasteiger partial charge on any atom is -0.380 e. The van der Waals surface area contributed by atoms with Crippen molar-refractivity contribution >= 4 is 11.8 Å². The van der Waals surface area contributed by atoms with Crippen molar-refractivity contribution < 1.29 is 4.74 Å². The first-order chi connectivity index (χ1) is 13.3. The van der Waals surface area contributed by atoms with Crippen molar-refractivity contribution in [2.45, 2.75) is 30.9 Å². The van der Waals surface area contributed by atoms with Gasteiger partial charge in [0.1, 0.15) is 0 Å². The Morgan fingerprint density at radius 1 is 0.963 bits per heavy atom. The molecular formula is C24H32NOS. The fourth-order valence-electron chi connectivity index (χ4n) is 3.59. The molecule has 0 aliphatic carbocycles. The van der Waals surface area contributed by atoms with Crippen molar-refractivity contribution in [1.82, 2.24) is 4.90 Å². The second kappa shape index (κ2) is 11.5. The summed E-state index contributed by atoms with van der Waals surface area (Å²) in [5.41, 5.74) is 3.95. The van der Waals surface area contributed by atoms with Crippen molar-refractivity contribution in [2.24, 2.45) is 0 Å². The van der Waals surface area contributed by atoms with Crippen LogP contribution < -0.4 is 0 Å². The summed E-state index contributed by atoms with van der Waals surface area (Å²) in [6.07, 6.45) is 9.67. The van der Waals surface area contributed by atoms with E-state index in [1.165, 1.54) is 49.0 Å². The third kappa shape index (κ3) is 6.99. The molecule has 0 N–H and O–H groups in total. The number of nitrogens with zero attached hydrogens (tertiary/aromatic N) is 1. The van der Waals surface area contributed by atoms with Gasteiger partial charge in [-0.1, -0.05) is 61.0 Å². The Kier molecular flexibility index (Phi) is 8.73. The van der Waals surface area contributed by atoms with Crippen LogP contribution in [-0.4, -0.2) is 49.3 Å². The van der Waals surface area contributed by atoms with E-state index >= 15 is 0 Å². The van der Waals surface area contributed by atoms with E-state index in [2.05, 4.69) is 72.2 Å². The maximum Gasteiger partial charge on any atom is 0.0593 e. The summed E-state index contributed by atoms with van der Waals surface area (Å²) in [5.74, 6) is 0. The molecule has 2 nitrogen and oxygen atoms in total. The molecule has 3 heteroatoms. The van der Waals surface area contributed by atoms with Gasteiger partial charge in [-0.15, -0.1) is 0 Å². The summed E-state index contributed by atoms with van der Waals surface area (Å²) < 4.78 is 5.87. The zero-order chi connectivity index (χ0) is 18.7. The van der Waals surface area contributed by atoms with Gasteiger partial charge < -0.3 is 9.64 Å². The number of hydrogen-bond donors (Lipinski definition) is 0. The summed E-state index contributed by atoms with van der Waals surface area (Å²) in [6.45, 7) is 5.18. The molecule has 27 heavy (non-hydrogen) atoms. The van der Waals surface area contributed by atoms with Gasteiger partial charge in [-0.3, -0.25) is 0 Å². The normalized spacial score (nSPS) is 16.3. The first-order valence-electron chi connectivity index (χ1n) is 10.2. The minimum absolute atomic E-state index is 0.502. The van der Waals surface area contributed by atoms with Crippen LogP contribution in [0.4, 0.5) is 0 Å². The van der Waals surface area contributed by atoms with Crippen LogP contribution in [0.15, 0.2) is 54.6 Å². The van der Waals surface area contributed by atoms with E-state index in [0.29, 0.717) is 5.25 Å².